The fourth-order valence-corrected chi connectivity index (χ4v) is 2.83. The molecule has 7 heteroatoms. The van der Waals surface area contributed by atoms with Crippen molar-refractivity contribution in [2.45, 2.75) is 0 Å². The maximum atomic E-state index is 8.92. The first-order valence-corrected chi connectivity index (χ1v) is 5.79. The van der Waals surface area contributed by atoms with Gasteiger partial charge in [-0.1, -0.05) is 11.6 Å². The lowest BCUT2D eigenvalue weighted by Crippen LogP contribution is -1.93. The molecule has 0 unspecified atom stereocenters. The molecule has 0 saturated heterocycles. The molecule has 0 spiro atoms. The zero-order valence-corrected chi connectivity index (χ0v) is 9.88. The van der Waals surface area contributed by atoms with Gasteiger partial charge in [-0.25, -0.2) is 15.0 Å². The summed E-state index contributed by atoms with van der Waals surface area (Å²) >= 11 is 7.34. The van der Waals surface area contributed by atoms with E-state index in [9.17, 15) is 0 Å². The van der Waals surface area contributed by atoms with Gasteiger partial charge in [-0.05, 0) is 6.07 Å². The number of hydrogen-bond acceptors (Lipinski definition) is 6. The second kappa shape index (κ2) is 3.52. The lowest BCUT2D eigenvalue weighted by molar-refractivity contribution is 1.23. The van der Waals surface area contributed by atoms with Gasteiger partial charge < -0.3 is 5.73 Å². The lowest BCUT2D eigenvalue weighted by atomic mass is 10.2. The number of hydrogen-bond donors (Lipinski definition) is 1. The van der Waals surface area contributed by atoms with Crippen molar-refractivity contribution < 1.29 is 0 Å². The molecule has 0 amide bonds. The number of nitrogens with zero attached hydrogens (tertiary/aromatic N) is 4. The van der Waals surface area contributed by atoms with Crippen molar-refractivity contribution >= 4 is 49.2 Å². The molecule has 3 aromatic heterocycles. The number of fused-ring (bicyclic) bond motifs is 3. The van der Waals surface area contributed by atoms with Gasteiger partial charge in [-0.3, -0.25) is 0 Å². The lowest BCUT2D eigenvalue weighted by Gasteiger charge is -1.95. The molecular weight excluding hydrogens is 258 g/mol. The Morgan fingerprint density at radius 3 is 3.00 bits per heavy atom. The van der Waals surface area contributed by atoms with E-state index in [4.69, 9.17) is 22.6 Å². The molecular formula is C10H4ClN5S. The molecule has 5 nitrogen and oxygen atoms in total. The average molecular weight is 262 g/mol. The summed E-state index contributed by atoms with van der Waals surface area (Å²) in [5, 5.41) is 10.1. The Hall–Kier alpha value is -1.97. The van der Waals surface area contributed by atoms with Crippen LogP contribution < -0.4 is 5.73 Å². The quantitative estimate of drug-likeness (QED) is 0.628. The zero-order valence-electron chi connectivity index (χ0n) is 8.31. The topological polar surface area (TPSA) is 88.5 Å². The van der Waals surface area contributed by atoms with Crippen LogP contribution in [0.5, 0.6) is 0 Å². The Kier molecular flexibility index (Phi) is 2.11. The van der Waals surface area contributed by atoms with Gasteiger partial charge in [0.2, 0.25) is 0 Å². The van der Waals surface area contributed by atoms with Crippen LogP contribution in [0.1, 0.15) is 5.56 Å². The van der Waals surface area contributed by atoms with Crippen molar-refractivity contribution in [1.82, 2.24) is 15.0 Å². The summed E-state index contributed by atoms with van der Waals surface area (Å²) in [4.78, 5) is 12.9. The highest BCUT2D eigenvalue weighted by molar-refractivity contribution is 7.25. The largest absolute Gasteiger partial charge is 0.383 e. The van der Waals surface area contributed by atoms with Gasteiger partial charge >= 0.3 is 0 Å². The summed E-state index contributed by atoms with van der Waals surface area (Å²) < 4.78 is 0.756. The summed E-state index contributed by atoms with van der Waals surface area (Å²) in [5.41, 5.74) is 6.70. The number of nitrogen functional groups attached to an aromatic ring is 1. The monoisotopic (exact) mass is 261 g/mol. The number of nitriles is 1. The molecule has 0 aliphatic carbocycles. The van der Waals surface area contributed by atoms with Crippen molar-refractivity contribution in [3.8, 4) is 6.07 Å². The Bertz CT molecular complexity index is 789. The van der Waals surface area contributed by atoms with Crippen LogP contribution in [-0.2, 0) is 0 Å². The number of thiophene rings is 1. The molecule has 2 N–H and O–H groups in total. The van der Waals surface area contributed by atoms with Crippen LogP contribution in [0.4, 0.5) is 5.82 Å². The molecule has 0 aliphatic heterocycles. The number of pyridine rings is 1. The first kappa shape index (κ1) is 10.2. The SMILES string of the molecule is N#Cc1cc2c(nc1N)sc1c(Cl)ncnc12. The van der Waals surface area contributed by atoms with Crippen LogP contribution in [0.25, 0.3) is 20.4 Å². The van der Waals surface area contributed by atoms with E-state index in [1.54, 1.807) is 6.07 Å². The first-order valence-electron chi connectivity index (χ1n) is 4.60. The summed E-state index contributed by atoms with van der Waals surface area (Å²) in [7, 11) is 0. The molecule has 0 aromatic carbocycles. The summed E-state index contributed by atoms with van der Waals surface area (Å²) in [6.45, 7) is 0. The smallest absolute Gasteiger partial charge is 0.150 e. The second-order valence-corrected chi connectivity index (χ2v) is 4.69. The van der Waals surface area contributed by atoms with Crippen LogP contribution in [-0.4, -0.2) is 15.0 Å². The second-order valence-electron chi connectivity index (χ2n) is 3.33. The summed E-state index contributed by atoms with van der Waals surface area (Å²) in [6, 6.07) is 3.68. The van der Waals surface area contributed by atoms with Gasteiger partial charge in [0.1, 0.15) is 28.2 Å². The van der Waals surface area contributed by atoms with E-state index >= 15 is 0 Å². The molecule has 82 valence electrons. The highest BCUT2D eigenvalue weighted by atomic mass is 35.5. The molecule has 0 radical (unpaired) electrons. The predicted octanol–water partition coefficient (Wildman–Crippen LogP) is 2.35. The fourth-order valence-electron chi connectivity index (χ4n) is 1.58. The third-order valence-electron chi connectivity index (χ3n) is 2.35. The predicted molar refractivity (Wildman–Crippen MR) is 66.9 cm³/mol. The van der Waals surface area contributed by atoms with Gasteiger partial charge in [-0.2, -0.15) is 5.26 Å². The number of aromatic nitrogens is 3. The van der Waals surface area contributed by atoms with E-state index in [1.165, 1.54) is 17.7 Å². The van der Waals surface area contributed by atoms with E-state index < -0.39 is 0 Å². The van der Waals surface area contributed by atoms with Crippen molar-refractivity contribution in [2.75, 3.05) is 5.73 Å². The zero-order chi connectivity index (χ0) is 12.0. The van der Waals surface area contributed by atoms with Gasteiger partial charge in [0, 0.05) is 5.39 Å². The van der Waals surface area contributed by atoms with Crippen LogP contribution in [0.3, 0.4) is 0 Å². The Morgan fingerprint density at radius 1 is 1.41 bits per heavy atom. The molecule has 3 heterocycles. The van der Waals surface area contributed by atoms with Crippen LogP contribution >= 0.6 is 22.9 Å². The number of halogens is 1. The van der Waals surface area contributed by atoms with Crippen molar-refractivity contribution in [2.24, 2.45) is 0 Å². The van der Waals surface area contributed by atoms with E-state index in [0.717, 1.165) is 10.1 Å². The normalized spacial score (nSPS) is 10.8. The average Bonchev–Trinajstić information content (AvgIpc) is 2.67. The highest BCUT2D eigenvalue weighted by Gasteiger charge is 2.13. The van der Waals surface area contributed by atoms with Gasteiger partial charge in [0.05, 0.1) is 15.8 Å². The standard InChI is InChI=1S/C10H4ClN5S/c11-8-7-6(14-3-15-8)5-1-4(2-12)9(13)16-10(5)17-7/h1,3H,(H2,13,16). The Labute approximate surface area is 104 Å². The van der Waals surface area contributed by atoms with Crippen molar-refractivity contribution in [3.63, 3.8) is 0 Å². The minimum atomic E-state index is 0.218. The molecule has 0 aliphatic rings. The molecule has 0 atom stereocenters. The molecule has 0 fully saturated rings. The van der Waals surface area contributed by atoms with Crippen LogP contribution in [0.15, 0.2) is 12.4 Å². The van der Waals surface area contributed by atoms with Gasteiger partial charge in [-0.15, -0.1) is 11.3 Å². The van der Waals surface area contributed by atoms with E-state index in [0.29, 0.717) is 21.1 Å². The van der Waals surface area contributed by atoms with Crippen molar-refractivity contribution in [3.05, 3.63) is 23.1 Å². The third-order valence-corrected chi connectivity index (χ3v) is 3.85. The van der Waals surface area contributed by atoms with Crippen LogP contribution in [0.2, 0.25) is 5.15 Å². The first-order chi connectivity index (χ1) is 8.20. The number of nitrogens with two attached hydrogens (primary N) is 1. The third kappa shape index (κ3) is 1.40. The number of rotatable bonds is 0. The van der Waals surface area contributed by atoms with E-state index in [1.807, 2.05) is 6.07 Å². The Balaban J connectivity index is 2.54. The van der Waals surface area contributed by atoms with E-state index in [-0.39, 0.29) is 5.82 Å². The summed E-state index contributed by atoms with van der Waals surface area (Å²) in [5.74, 6) is 0.218. The van der Waals surface area contributed by atoms with Gasteiger partial charge in [0.25, 0.3) is 0 Å². The number of anilines is 1. The summed E-state index contributed by atoms with van der Waals surface area (Å²) in [6.07, 6.45) is 1.39. The molecule has 3 rings (SSSR count). The minimum Gasteiger partial charge on any atom is -0.383 e. The van der Waals surface area contributed by atoms with Crippen molar-refractivity contribution in [1.29, 1.82) is 5.26 Å². The fraction of sp³-hybridized carbons (Fsp3) is 0. The Morgan fingerprint density at radius 2 is 2.24 bits per heavy atom. The van der Waals surface area contributed by atoms with E-state index in [2.05, 4.69) is 15.0 Å². The molecule has 0 saturated carbocycles. The maximum absolute atomic E-state index is 8.92. The molecule has 0 bridgehead atoms. The maximum Gasteiger partial charge on any atom is 0.150 e. The highest BCUT2D eigenvalue weighted by Crippen LogP contribution is 2.35. The molecule has 17 heavy (non-hydrogen) atoms. The van der Waals surface area contributed by atoms with Gasteiger partial charge in [0.15, 0.2) is 0 Å². The minimum absolute atomic E-state index is 0.218. The molecule has 3 aromatic rings. The van der Waals surface area contributed by atoms with Crippen LogP contribution in [0, 0.1) is 11.3 Å².